The Balaban J connectivity index is 0.00000139. The Bertz CT molecular complexity index is 676. The van der Waals surface area contributed by atoms with E-state index in [4.69, 9.17) is 9.47 Å². The van der Waals surface area contributed by atoms with Crippen LogP contribution in [-0.4, -0.2) is 26.4 Å². The molecule has 2 aromatic rings. The molecule has 24 heavy (non-hydrogen) atoms. The maximum absolute atomic E-state index is 13.4. The van der Waals surface area contributed by atoms with Gasteiger partial charge in [-0.1, -0.05) is 20.2 Å². The zero-order valence-corrected chi connectivity index (χ0v) is 16.9. The van der Waals surface area contributed by atoms with Gasteiger partial charge in [-0.05, 0) is 23.5 Å². The zero-order chi connectivity index (χ0) is 18.1. The van der Waals surface area contributed by atoms with Gasteiger partial charge in [-0.15, -0.1) is 6.54 Å². The van der Waals surface area contributed by atoms with E-state index in [1.165, 1.54) is 38.6 Å². The number of benzene rings is 2. The Morgan fingerprint density at radius 3 is 2.46 bits per heavy atom. The van der Waals surface area contributed by atoms with Gasteiger partial charge in [0.25, 0.3) is 0 Å². The molecule has 0 heterocycles. The summed E-state index contributed by atoms with van der Waals surface area (Å²) in [4.78, 5) is 0. The predicted octanol–water partition coefficient (Wildman–Crippen LogP) is 3.37. The molecule has 1 N–H and O–H groups in total. The number of ether oxygens (including phenoxy) is 2. The number of halogens is 2. The molecule has 1 atom stereocenters. The molecule has 0 aromatic heterocycles. The van der Waals surface area contributed by atoms with Crippen LogP contribution in [-0.2, 0) is 25.9 Å². The van der Waals surface area contributed by atoms with Crippen LogP contribution in [0, 0.1) is 5.82 Å². The molecule has 2 aromatic carbocycles. The molecule has 0 amide bonds. The quantitative estimate of drug-likeness (QED) is 0.592. The number of hydrogen-bond acceptors (Lipinski definition) is 3. The molecule has 0 aliphatic carbocycles. The summed E-state index contributed by atoms with van der Waals surface area (Å²) in [6.07, 6.45) is 0. The molecule has 0 aliphatic rings. The molecule has 1 unspecified atom stereocenters. The van der Waals surface area contributed by atoms with E-state index in [1.54, 1.807) is 32.4 Å². The number of nitrogens with zero attached hydrogens (tertiary/aromatic N) is 1. The van der Waals surface area contributed by atoms with Crippen LogP contribution in [0.2, 0.25) is 0 Å². The van der Waals surface area contributed by atoms with Crippen molar-refractivity contribution in [2.75, 3.05) is 21.3 Å². The molecule has 0 bridgehead atoms. The van der Waals surface area contributed by atoms with Gasteiger partial charge < -0.3 is 19.9 Å². The summed E-state index contributed by atoms with van der Waals surface area (Å²) in [5, 5.41) is 15.9. The number of methoxy groups -OCH3 is 2. The summed E-state index contributed by atoms with van der Waals surface area (Å²) < 4.78 is 23.8. The molecule has 128 valence electrons. The van der Waals surface area contributed by atoms with Crippen molar-refractivity contribution in [1.82, 2.24) is 0 Å². The van der Waals surface area contributed by atoms with Gasteiger partial charge in [0.1, 0.15) is 11.6 Å². The van der Waals surface area contributed by atoms with Gasteiger partial charge in [0, 0.05) is 11.4 Å². The second-order valence-electron chi connectivity index (χ2n) is 4.63. The average molecular weight is 406 g/mol. The van der Waals surface area contributed by atoms with Gasteiger partial charge in [-0.2, -0.15) is 7.05 Å². The summed E-state index contributed by atoms with van der Waals surface area (Å²) in [7, 11) is 9.51. The van der Waals surface area contributed by atoms with Crippen LogP contribution in [0.5, 0.6) is 17.2 Å². The predicted molar refractivity (Wildman–Crippen MR) is 94.0 cm³/mol. The summed E-state index contributed by atoms with van der Waals surface area (Å²) in [6.45, 7) is 0.432. The van der Waals surface area contributed by atoms with E-state index in [-0.39, 0.29) is 20.1 Å². The molecule has 0 aliphatic heterocycles. The van der Waals surface area contributed by atoms with E-state index < -0.39 is 0 Å². The van der Waals surface area contributed by atoms with Gasteiger partial charge in [0.05, 0.1) is 14.2 Å². The summed E-state index contributed by atoms with van der Waals surface area (Å²) >= 11 is 1.47. The van der Waals surface area contributed by atoms with Crippen molar-refractivity contribution in [1.29, 1.82) is 0 Å². The van der Waals surface area contributed by atoms with Gasteiger partial charge in [-0.25, -0.2) is 4.39 Å². The number of phenolic OH excluding ortho intramolecular Hbond substituents is 1. The molecular weight excluding hydrogens is 387 g/mol. The standard InChI is InChI=1S/C16H18FNO3P.ClH.Ti/c1-18-9-10-6-11(17)4-5-14(10)22-15-8-12(20-2)7-13(21-3)16(15)19;;/h4-8,19,22H,9H2,1-3H3;1H;/q-1;;+2/p-1. The van der Waals surface area contributed by atoms with Crippen LogP contribution in [0.3, 0.4) is 0 Å². The van der Waals surface area contributed by atoms with Gasteiger partial charge >= 0.3 is 28.7 Å². The first-order chi connectivity index (χ1) is 11.6. The van der Waals surface area contributed by atoms with Gasteiger partial charge in [0.15, 0.2) is 11.5 Å². The Morgan fingerprint density at radius 2 is 1.88 bits per heavy atom. The van der Waals surface area contributed by atoms with Crippen LogP contribution in [0.4, 0.5) is 4.39 Å². The summed E-state index contributed by atoms with van der Waals surface area (Å²) in [6, 6.07) is 7.99. The molecule has 4 nitrogen and oxygen atoms in total. The van der Waals surface area contributed by atoms with Crippen molar-refractivity contribution in [3.8, 4) is 17.2 Å². The van der Waals surface area contributed by atoms with E-state index in [0.29, 0.717) is 23.3 Å². The normalized spacial score (nSPS) is 10.3. The van der Waals surface area contributed by atoms with Crippen molar-refractivity contribution in [3.05, 3.63) is 47.0 Å². The van der Waals surface area contributed by atoms with E-state index in [1.807, 2.05) is 0 Å². The van der Waals surface area contributed by atoms with Gasteiger partial charge in [0.2, 0.25) is 0 Å². The number of phenols is 1. The summed E-state index contributed by atoms with van der Waals surface area (Å²) in [5.41, 5.74) is 0.807. The third-order valence-corrected chi connectivity index (χ3v) is 4.58. The fourth-order valence-electron chi connectivity index (χ4n) is 2.08. The second-order valence-corrected chi connectivity index (χ2v) is 5.95. The van der Waals surface area contributed by atoms with Crippen LogP contribution in [0.25, 0.3) is 5.32 Å². The topological polar surface area (TPSA) is 52.8 Å². The average Bonchev–Trinajstić information content (AvgIpc) is 2.61. The van der Waals surface area contributed by atoms with Crippen LogP contribution in [0.1, 0.15) is 5.56 Å². The number of rotatable bonds is 6. The first-order valence-electron chi connectivity index (χ1n) is 6.84. The van der Waals surface area contributed by atoms with Crippen molar-refractivity contribution in [2.24, 2.45) is 0 Å². The van der Waals surface area contributed by atoms with Gasteiger partial charge in [-0.3, -0.25) is 0 Å². The molecule has 0 fully saturated rings. The third-order valence-electron chi connectivity index (χ3n) is 3.17. The first kappa shape index (κ1) is 21.2. The fourth-order valence-corrected chi connectivity index (χ4v) is 3.31. The molecule has 8 heteroatoms. The van der Waals surface area contributed by atoms with Crippen molar-refractivity contribution in [3.63, 3.8) is 0 Å². The Labute approximate surface area is 158 Å². The van der Waals surface area contributed by atoms with E-state index in [0.717, 1.165) is 10.9 Å². The molecular formula is C16H18ClFNO3PTi. The molecule has 2 rings (SSSR count). The van der Waals surface area contributed by atoms with Crippen LogP contribution in [0.15, 0.2) is 30.3 Å². The van der Waals surface area contributed by atoms with Crippen molar-refractivity contribution in [2.45, 2.75) is 6.54 Å². The summed E-state index contributed by atoms with van der Waals surface area (Å²) in [5.74, 6) is 0.733. The van der Waals surface area contributed by atoms with Crippen LogP contribution >= 0.6 is 17.9 Å². The van der Waals surface area contributed by atoms with Crippen LogP contribution < -0.4 is 20.1 Å². The van der Waals surface area contributed by atoms with Crippen molar-refractivity contribution < 1.29 is 38.3 Å². The monoisotopic (exact) mass is 405 g/mol. The van der Waals surface area contributed by atoms with Crippen molar-refractivity contribution >= 4 is 28.5 Å². The first-order valence-corrected chi connectivity index (χ1v) is 9.98. The molecule has 0 saturated heterocycles. The van der Waals surface area contributed by atoms with E-state index in [2.05, 4.69) is 14.6 Å². The Kier molecular flexibility index (Phi) is 9.64. The number of hydrogen-bond donors (Lipinski definition) is 1. The fraction of sp³-hybridized carbons (Fsp3) is 0.250. The SMILES string of the molecule is C[N-]Cc1cc(F)ccc1Pc1cc(OC)cc(OC)c1O.[Cl][Ti+]. The maximum atomic E-state index is 13.4. The molecule has 0 radical (unpaired) electrons. The van der Waals surface area contributed by atoms with E-state index in [9.17, 15) is 9.50 Å². The third kappa shape index (κ3) is 5.61. The number of aromatic hydroxyl groups is 1. The zero-order valence-electron chi connectivity index (χ0n) is 13.6. The Hall–Kier alpha value is -0.836. The minimum atomic E-state index is -0.292. The van der Waals surface area contributed by atoms with E-state index >= 15 is 0 Å². The second kappa shape index (κ2) is 10.9. The minimum absolute atomic E-state index is 0.0744. The molecule has 0 spiro atoms. The molecule has 0 saturated carbocycles. The Morgan fingerprint density at radius 1 is 1.17 bits per heavy atom.